The maximum Gasteiger partial charge on any atom is 0.321 e. The molecule has 1 aliphatic rings. The van der Waals surface area contributed by atoms with Gasteiger partial charge in [-0.2, -0.15) is 0 Å². The summed E-state index contributed by atoms with van der Waals surface area (Å²) in [4.78, 5) is 11.4. The topological polar surface area (TPSA) is 87.1 Å². The summed E-state index contributed by atoms with van der Waals surface area (Å²) in [5.74, 6) is 0.507. The summed E-state index contributed by atoms with van der Waals surface area (Å²) in [5.41, 5.74) is 0. The van der Waals surface area contributed by atoms with Crippen LogP contribution in [0.25, 0.3) is 0 Å². The highest BCUT2D eigenvalue weighted by Gasteiger charge is 2.20. The molecule has 0 radical (unpaired) electrons. The number of aliphatic hydroxyl groups is 1. The second-order valence-electron chi connectivity index (χ2n) is 4.38. The standard InChI is InChI=1S/C11H18N4O2S/c16-7-6-12-10(17)13-11-15-14-9(18-11)8-4-2-1-3-5-8/h8,16H,1-7H2,(H2,12,13,15,17). The van der Waals surface area contributed by atoms with Crippen molar-refractivity contribution in [1.82, 2.24) is 15.5 Å². The number of amides is 2. The lowest BCUT2D eigenvalue weighted by Crippen LogP contribution is -2.30. The van der Waals surface area contributed by atoms with Gasteiger partial charge in [-0.1, -0.05) is 30.6 Å². The molecule has 0 atom stereocenters. The van der Waals surface area contributed by atoms with Crippen molar-refractivity contribution in [3.05, 3.63) is 5.01 Å². The third kappa shape index (κ3) is 3.64. The monoisotopic (exact) mass is 270 g/mol. The van der Waals surface area contributed by atoms with Gasteiger partial charge in [0, 0.05) is 12.5 Å². The molecule has 0 aliphatic heterocycles. The van der Waals surface area contributed by atoms with E-state index >= 15 is 0 Å². The molecule has 1 heterocycles. The number of aromatic nitrogens is 2. The van der Waals surface area contributed by atoms with E-state index < -0.39 is 0 Å². The van der Waals surface area contributed by atoms with E-state index in [2.05, 4.69) is 20.8 Å². The molecule has 3 N–H and O–H groups in total. The number of rotatable bonds is 4. The van der Waals surface area contributed by atoms with Crippen LogP contribution in [0.2, 0.25) is 0 Å². The first kappa shape index (κ1) is 13.2. The first-order valence-electron chi connectivity index (χ1n) is 6.28. The van der Waals surface area contributed by atoms with E-state index in [4.69, 9.17) is 5.11 Å². The normalized spacial score (nSPS) is 16.5. The lowest BCUT2D eigenvalue weighted by Gasteiger charge is -2.18. The van der Waals surface area contributed by atoms with Crippen LogP contribution in [0.5, 0.6) is 0 Å². The molecule has 2 amide bonds. The molecule has 1 aliphatic carbocycles. The van der Waals surface area contributed by atoms with Crippen LogP contribution < -0.4 is 10.6 Å². The van der Waals surface area contributed by atoms with E-state index in [9.17, 15) is 4.79 Å². The van der Waals surface area contributed by atoms with Crippen molar-refractivity contribution in [1.29, 1.82) is 0 Å². The summed E-state index contributed by atoms with van der Waals surface area (Å²) in [6, 6.07) is -0.351. The minimum atomic E-state index is -0.351. The molecule has 0 unspecified atom stereocenters. The van der Waals surface area contributed by atoms with E-state index in [0.717, 1.165) is 5.01 Å². The second-order valence-corrected chi connectivity index (χ2v) is 5.39. The van der Waals surface area contributed by atoms with E-state index in [-0.39, 0.29) is 19.2 Å². The summed E-state index contributed by atoms with van der Waals surface area (Å²) in [5, 5.41) is 23.4. The molecule has 2 rings (SSSR count). The van der Waals surface area contributed by atoms with Gasteiger partial charge in [-0.25, -0.2) is 4.79 Å². The number of carbonyl (C=O) groups is 1. The third-order valence-electron chi connectivity index (χ3n) is 3.01. The molecule has 6 nitrogen and oxygen atoms in total. The number of anilines is 1. The van der Waals surface area contributed by atoms with Crippen molar-refractivity contribution in [2.24, 2.45) is 0 Å². The number of hydrogen-bond donors (Lipinski definition) is 3. The Bertz CT molecular complexity index is 390. The highest BCUT2D eigenvalue weighted by atomic mass is 32.1. The molecule has 0 saturated heterocycles. The molecule has 1 saturated carbocycles. The lowest BCUT2D eigenvalue weighted by atomic mass is 9.90. The number of nitrogens with one attached hydrogen (secondary N) is 2. The second kappa shape index (κ2) is 6.65. The fourth-order valence-corrected chi connectivity index (χ4v) is 3.02. The van der Waals surface area contributed by atoms with Gasteiger partial charge in [0.15, 0.2) is 0 Å². The van der Waals surface area contributed by atoms with Crippen LogP contribution in [0.3, 0.4) is 0 Å². The molecule has 100 valence electrons. The van der Waals surface area contributed by atoms with Crippen LogP contribution in [0.4, 0.5) is 9.93 Å². The molecular weight excluding hydrogens is 252 g/mol. The zero-order valence-electron chi connectivity index (χ0n) is 10.2. The van der Waals surface area contributed by atoms with Gasteiger partial charge in [-0.05, 0) is 12.8 Å². The third-order valence-corrected chi connectivity index (χ3v) is 4.01. The van der Waals surface area contributed by atoms with Gasteiger partial charge in [0.05, 0.1) is 6.61 Å². The molecule has 0 spiro atoms. The summed E-state index contributed by atoms with van der Waals surface area (Å²) in [6.07, 6.45) is 6.16. The Balaban J connectivity index is 1.87. The first-order valence-corrected chi connectivity index (χ1v) is 7.10. The largest absolute Gasteiger partial charge is 0.395 e. The highest BCUT2D eigenvalue weighted by molar-refractivity contribution is 7.15. The predicted molar refractivity (Wildman–Crippen MR) is 69.8 cm³/mol. The number of hydrogen-bond acceptors (Lipinski definition) is 5. The Hall–Kier alpha value is -1.21. The van der Waals surface area contributed by atoms with Gasteiger partial charge in [0.1, 0.15) is 5.01 Å². The summed E-state index contributed by atoms with van der Waals surface area (Å²) in [7, 11) is 0. The Kier molecular flexibility index (Phi) is 4.89. The van der Waals surface area contributed by atoms with E-state index in [1.165, 1.54) is 43.4 Å². The van der Waals surface area contributed by atoms with E-state index in [1.54, 1.807) is 0 Å². The Labute approximate surface area is 110 Å². The minimum Gasteiger partial charge on any atom is -0.395 e. The smallest absolute Gasteiger partial charge is 0.321 e. The molecule has 7 heteroatoms. The minimum absolute atomic E-state index is 0.0726. The van der Waals surface area contributed by atoms with Crippen LogP contribution >= 0.6 is 11.3 Å². The maximum absolute atomic E-state index is 11.4. The van der Waals surface area contributed by atoms with E-state index in [1.807, 2.05) is 0 Å². The fourth-order valence-electron chi connectivity index (χ4n) is 2.11. The van der Waals surface area contributed by atoms with Gasteiger partial charge in [0.2, 0.25) is 5.13 Å². The van der Waals surface area contributed by atoms with Crippen molar-refractivity contribution < 1.29 is 9.90 Å². The Morgan fingerprint density at radius 2 is 2.11 bits per heavy atom. The molecule has 0 bridgehead atoms. The molecule has 1 aromatic rings. The van der Waals surface area contributed by atoms with Crippen molar-refractivity contribution in [2.75, 3.05) is 18.5 Å². The summed E-state index contributed by atoms with van der Waals surface area (Å²) >= 11 is 1.44. The van der Waals surface area contributed by atoms with Crippen molar-refractivity contribution in [3.8, 4) is 0 Å². The Morgan fingerprint density at radius 1 is 1.33 bits per heavy atom. The van der Waals surface area contributed by atoms with Gasteiger partial charge >= 0.3 is 6.03 Å². The molecular formula is C11H18N4O2S. The van der Waals surface area contributed by atoms with Gasteiger partial charge < -0.3 is 10.4 Å². The van der Waals surface area contributed by atoms with Crippen LogP contribution in [0, 0.1) is 0 Å². The molecule has 0 aromatic carbocycles. The quantitative estimate of drug-likeness (QED) is 0.777. The summed E-state index contributed by atoms with van der Waals surface area (Å²) in [6.45, 7) is 0.164. The van der Waals surface area contributed by atoms with Gasteiger partial charge in [-0.3, -0.25) is 5.32 Å². The zero-order valence-corrected chi connectivity index (χ0v) is 11.0. The van der Waals surface area contributed by atoms with Crippen LogP contribution in [-0.2, 0) is 0 Å². The maximum atomic E-state index is 11.4. The van der Waals surface area contributed by atoms with Gasteiger partial charge in [-0.15, -0.1) is 10.2 Å². The van der Waals surface area contributed by atoms with Crippen molar-refractivity contribution in [3.63, 3.8) is 0 Å². The van der Waals surface area contributed by atoms with Crippen LogP contribution in [0.15, 0.2) is 0 Å². The fraction of sp³-hybridized carbons (Fsp3) is 0.727. The first-order chi connectivity index (χ1) is 8.79. The molecule has 1 aromatic heterocycles. The van der Waals surface area contributed by atoms with Crippen molar-refractivity contribution >= 4 is 22.5 Å². The zero-order chi connectivity index (χ0) is 12.8. The van der Waals surface area contributed by atoms with E-state index in [0.29, 0.717) is 11.0 Å². The van der Waals surface area contributed by atoms with Gasteiger partial charge in [0.25, 0.3) is 0 Å². The average molecular weight is 270 g/mol. The highest BCUT2D eigenvalue weighted by Crippen LogP contribution is 2.34. The molecule has 18 heavy (non-hydrogen) atoms. The Morgan fingerprint density at radius 3 is 2.83 bits per heavy atom. The number of urea groups is 1. The number of carbonyl (C=O) groups excluding carboxylic acids is 1. The number of nitrogens with zero attached hydrogens (tertiary/aromatic N) is 2. The van der Waals surface area contributed by atoms with Crippen LogP contribution in [0.1, 0.15) is 43.0 Å². The molecule has 1 fully saturated rings. The SMILES string of the molecule is O=C(NCCO)Nc1nnc(C2CCCCC2)s1. The van der Waals surface area contributed by atoms with Crippen molar-refractivity contribution in [2.45, 2.75) is 38.0 Å². The predicted octanol–water partition coefficient (Wildman–Crippen LogP) is 1.70. The van der Waals surface area contributed by atoms with Crippen LogP contribution in [-0.4, -0.2) is 34.5 Å². The lowest BCUT2D eigenvalue weighted by molar-refractivity contribution is 0.245. The number of aliphatic hydroxyl groups excluding tert-OH is 1. The average Bonchev–Trinajstić information content (AvgIpc) is 2.86. The summed E-state index contributed by atoms with van der Waals surface area (Å²) < 4.78 is 0.